The van der Waals surface area contributed by atoms with Gasteiger partial charge in [0.2, 0.25) is 0 Å². The van der Waals surface area contributed by atoms with E-state index in [9.17, 15) is 8.78 Å². The van der Waals surface area contributed by atoms with Crippen molar-refractivity contribution >= 4 is 0 Å². The van der Waals surface area contributed by atoms with Crippen molar-refractivity contribution in [2.24, 2.45) is 5.73 Å². The Labute approximate surface area is 73.4 Å². The zero-order valence-corrected chi connectivity index (χ0v) is 6.61. The smallest absolute Gasteiger partial charge is 0.257 e. The summed E-state index contributed by atoms with van der Waals surface area (Å²) in [5, 5.41) is 18.0. The van der Waals surface area contributed by atoms with Crippen LogP contribution in [-0.2, 0) is 0 Å². The molecule has 0 spiro atoms. The maximum absolute atomic E-state index is 12.1. The highest BCUT2D eigenvalue weighted by molar-refractivity contribution is 5.40. The lowest BCUT2D eigenvalue weighted by molar-refractivity contribution is 0.115. The Kier molecular flexibility index (Phi) is 2.67. The van der Waals surface area contributed by atoms with E-state index < -0.39 is 18.2 Å². The molecular weight excluding hydrogens is 180 g/mol. The third kappa shape index (κ3) is 2.06. The van der Waals surface area contributed by atoms with Crippen LogP contribution in [0.3, 0.4) is 0 Å². The molecule has 4 N–H and O–H groups in total. The van der Waals surface area contributed by atoms with Crippen LogP contribution in [0.15, 0.2) is 18.2 Å². The number of phenols is 2. The Morgan fingerprint density at radius 1 is 1.23 bits per heavy atom. The van der Waals surface area contributed by atoms with Crippen molar-refractivity contribution < 1.29 is 19.0 Å². The first kappa shape index (κ1) is 9.73. The number of rotatable bonds is 2. The lowest BCUT2D eigenvalue weighted by atomic mass is 10.1. The lowest BCUT2D eigenvalue weighted by Crippen LogP contribution is -2.18. The summed E-state index contributed by atoms with van der Waals surface area (Å²) in [5.74, 6) is -0.615. The molecule has 0 radical (unpaired) electrons. The summed E-state index contributed by atoms with van der Waals surface area (Å²) in [6, 6.07) is 1.80. The minimum Gasteiger partial charge on any atom is -0.508 e. The molecule has 0 amide bonds. The van der Waals surface area contributed by atoms with E-state index in [1.54, 1.807) is 0 Å². The average Bonchev–Trinajstić information content (AvgIpc) is 2.03. The zero-order chi connectivity index (χ0) is 10.0. The molecule has 0 fully saturated rings. The lowest BCUT2D eigenvalue weighted by Gasteiger charge is -2.12. The molecule has 1 rings (SSSR count). The molecule has 3 nitrogen and oxygen atoms in total. The van der Waals surface area contributed by atoms with Crippen molar-refractivity contribution in [3.63, 3.8) is 0 Å². The minimum atomic E-state index is -2.74. The number of benzene rings is 1. The van der Waals surface area contributed by atoms with Crippen molar-refractivity contribution in [1.82, 2.24) is 0 Å². The van der Waals surface area contributed by atoms with Gasteiger partial charge in [0.05, 0.1) is 6.04 Å². The van der Waals surface area contributed by atoms with Crippen LogP contribution >= 0.6 is 0 Å². The number of alkyl halides is 2. The third-order valence-electron chi connectivity index (χ3n) is 1.64. The Hall–Kier alpha value is -1.36. The Bertz CT molecular complexity index is 304. The van der Waals surface area contributed by atoms with Gasteiger partial charge in [-0.1, -0.05) is 0 Å². The van der Waals surface area contributed by atoms with Crippen molar-refractivity contribution in [1.29, 1.82) is 0 Å². The molecule has 1 aromatic rings. The molecule has 1 aromatic carbocycles. The number of halogens is 2. The van der Waals surface area contributed by atoms with Gasteiger partial charge in [-0.15, -0.1) is 0 Å². The highest BCUT2D eigenvalue weighted by atomic mass is 19.3. The van der Waals surface area contributed by atoms with E-state index in [2.05, 4.69) is 0 Å². The molecule has 0 aliphatic rings. The molecule has 5 heteroatoms. The van der Waals surface area contributed by atoms with Crippen LogP contribution in [0.25, 0.3) is 0 Å². The fourth-order valence-corrected chi connectivity index (χ4v) is 0.950. The molecule has 0 unspecified atom stereocenters. The van der Waals surface area contributed by atoms with Gasteiger partial charge < -0.3 is 15.9 Å². The van der Waals surface area contributed by atoms with Crippen LogP contribution in [0.2, 0.25) is 0 Å². The van der Waals surface area contributed by atoms with Crippen molar-refractivity contribution in [3.05, 3.63) is 23.8 Å². The first-order valence-corrected chi connectivity index (χ1v) is 3.58. The van der Waals surface area contributed by atoms with Crippen molar-refractivity contribution in [2.45, 2.75) is 12.5 Å². The fourth-order valence-electron chi connectivity index (χ4n) is 0.950. The Morgan fingerprint density at radius 2 is 1.85 bits per heavy atom. The molecule has 0 saturated heterocycles. The van der Waals surface area contributed by atoms with E-state index in [-0.39, 0.29) is 11.3 Å². The molecule has 0 aliphatic heterocycles. The average molecular weight is 189 g/mol. The van der Waals surface area contributed by atoms with Crippen LogP contribution in [0.1, 0.15) is 11.6 Å². The van der Waals surface area contributed by atoms with Gasteiger partial charge in [-0.2, -0.15) is 0 Å². The summed E-state index contributed by atoms with van der Waals surface area (Å²) in [6.07, 6.45) is -2.74. The topological polar surface area (TPSA) is 66.5 Å². The highest BCUT2D eigenvalue weighted by Crippen LogP contribution is 2.29. The van der Waals surface area contributed by atoms with E-state index in [1.807, 2.05) is 0 Å². The number of nitrogens with two attached hydrogens (primary N) is 1. The largest absolute Gasteiger partial charge is 0.508 e. The second-order valence-electron chi connectivity index (χ2n) is 2.60. The number of phenolic OH excluding ortho intramolecular Hbond substituents is 2. The third-order valence-corrected chi connectivity index (χ3v) is 1.64. The van der Waals surface area contributed by atoms with Gasteiger partial charge >= 0.3 is 0 Å². The van der Waals surface area contributed by atoms with Crippen LogP contribution in [-0.4, -0.2) is 16.6 Å². The van der Waals surface area contributed by atoms with Crippen molar-refractivity contribution in [3.8, 4) is 11.5 Å². The van der Waals surface area contributed by atoms with E-state index in [1.165, 1.54) is 12.1 Å². The normalized spacial score (nSPS) is 13.2. The molecule has 0 aromatic heterocycles. The van der Waals surface area contributed by atoms with Crippen molar-refractivity contribution in [2.75, 3.05) is 0 Å². The summed E-state index contributed by atoms with van der Waals surface area (Å²) in [7, 11) is 0. The summed E-state index contributed by atoms with van der Waals surface area (Å²) < 4.78 is 24.2. The second kappa shape index (κ2) is 3.57. The summed E-state index contributed by atoms with van der Waals surface area (Å²) in [6.45, 7) is 0. The number of aromatic hydroxyl groups is 2. The monoisotopic (exact) mass is 189 g/mol. The molecule has 0 aliphatic carbocycles. The SMILES string of the molecule is N[C@H](c1ccc(O)cc1O)C(F)F. The van der Waals surface area contributed by atoms with Gasteiger partial charge in [0.1, 0.15) is 11.5 Å². The maximum Gasteiger partial charge on any atom is 0.257 e. The van der Waals surface area contributed by atoms with E-state index in [0.29, 0.717) is 0 Å². The standard InChI is InChI=1S/C8H9F2NO2/c9-8(10)7(11)5-2-1-4(12)3-6(5)13/h1-3,7-8,12-13H,11H2/t7-/m1/s1. The van der Waals surface area contributed by atoms with Gasteiger partial charge in [0, 0.05) is 11.6 Å². The van der Waals surface area contributed by atoms with Crippen LogP contribution in [0.4, 0.5) is 8.78 Å². The van der Waals surface area contributed by atoms with Gasteiger partial charge in [-0.05, 0) is 12.1 Å². The predicted octanol–water partition coefficient (Wildman–Crippen LogP) is 1.36. The van der Waals surface area contributed by atoms with E-state index in [4.69, 9.17) is 15.9 Å². The summed E-state index contributed by atoms with van der Waals surface area (Å²) in [5.41, 5.74) is 5.02. The highest BCUT2D eigenvalue weighted by Gasteiger charge is 2.20. The van der Waals surface area contributed by atoms with Crippen LogP contribution < -0.4 is 5.73 Å². The molecule has 1 atom stereocenters. The Balaban J connectivity index is 3.01. The van der Waals surface area contributed by atoms with E-state index in [0.717, 1.165) is 6.07 Å². The summed E-state index contributed by atoms with van der Waals surface area (Å²) in [4.78, 5) is 0. The second-order valence-corrected chi connectivity index (χ2v) is 2.60. The molecule has 72 valence electrons. The van der Waals surface area contributed by atoms with Gasteiger partial charge in [-0.25, -0.2) is 8.78 Å². The fraction of sp³-hybridized carbons (Fsp3) is 0.250. The minimum absolute atomic E-state index is 0.0761. The Morgan fingerprint density at radius 3 is 2.31 bits per heavy atom. The van der Waals surface area contributed by atoms with Gasteiger partial charge in [0.25, 0.3) is 6.43 Å². The van der Waals surface area contributed by atoms with Crippen LogP contribution in [0, 0.1) is 0 Å². The molecule has 13 heavy (non-hydrogen) atoms. The zero-order valence-electron chi connectivity index (χ0n) is 6.61. The quantitative estimate of drug-likeness (QED) is 0.658. The van der Waals surface area contributed by atoms with Gasteiger partial charge in [-0.3, -0.25) is 0 Å². The molecular formula is C8H9F2NO2. The molecule has 0 heterocycles. The first-order chi connectivity index (χ1) is 6.02. The number of hydrogen-bond donors (Lipinski definition) is 3. The van der Waals surface area contributed by atoms with E-state index >= 15 is 0 Å². The summed E-state index contributed by atoms with van der Waals surface area (Å²) >= 11 is 0. The number of hydrogen-bond acceptors (Lipinski definition) is 3. The maximum atomic E-state index is 12.1. The van der Waals surface area contributed by atoms with Gasteiger partial charge in [0.15, 0.2) is 0 Å². The van der Waals surface area contributed by atoms with Crippen LogP contribution in [0.5, 0.6) is 11.5 Å². The molecule has 0 bridgehead atoms. The first-order valence-electron chi connectivity index (χ1n) is 3.58. The molecule has 0 saturated carbocycles. The predicted molar refractivity (Wildman–Crippen MR) is 42.7 cm³/mol.